The smallest absolute Gasteiger partial charge is 0.253 e. The molecular weight excluding hydrogens is 246 g/mol. The summed E-state index contributed by atoms with van der Waals surface area (Å²) in [5, 5.41) is 3.79. The molecule has 0 bridgehead atoms. The number of hydrogen-bond donors (Lipinski definition) is 2. The zero-order valence-electron chi connectivity index (χ0n) is 10.3. The molecule has 0 aliphatic rings. The number of anilines is 1. The second kappa shape index (κ2) is 5.18. The first-order valence-electron chi connectivity index (χ1n) is 5.65. The summed E-state index contributed by atoms with van der Waals surface area (Å²) in [5.74, 6) is -0.173. The van der Waals surface area contributed by atoms with Crippen LogP contribution in [0.25, 0.3) is 0 Å². The van der Waals surface area contributed by atoms with E-state index >= 15 is 0 Å². The van der Waals surface area contributed by atoms with Gasteiger partial charge in [0.25, 0.3) is 5.91 Å². The number of nitrogens with one attached hydrogen (secondary N) is 1. The van der Waals surface area contributed by atoms with Crippen LogP contribution in [-0.4, -0.2) is 10.9 Å². The Morgan fingerprint density at radius 3 is 2.78 bits per heavy atom. The van der Waals surface area contributed by atoms with Crippen LogP contribution in [0.3, 0.4) is 0 Å². The molecule has 1 aromatic carbocycles. The number of nitrogens with two attached hydrogens (primary N) is 1. The highest BCUT2D eigenvalue weighted by atomic mass is 32.1. The van der Waals surface area contributed by atoms with Crippen LogP contribution in [0.2, 0.25) is 0 Å². The van der Waals surface area contributed by atoms with Crippen molar-refractivity contribution in [3.05, 3.63) is 45.9 Å². The zero-order chi connectivity index (χ0) is 13.1. The van der Waals surface area contributed by atoms with Gasteiger partial charge >= 0.3 is 0 Å². The van der Waals surface area contributed by atoms with Gasteiger partial charge in [-0.3, -0.25) is 4.79 Å². The molecule has 1 heterocycles. The lowest BCUT2D eigenvalue weighted by Gasteiger charge is -2.12. The average Bonchev–Trinajstić information content (AvgIpc) is 2.76. The Bertz CT molecular complexity index is 565. The molecule has 1 atom stereocenters. The minimum absolute atomic E-state index is 0.115. The molecule has 5 heteroatoms. The lowest BCUT2D eigenvalue weighted by atomic mass is 10.1. The Kier molecular flexibility index (Phi) is 3.62. The maximum Gasteiger partial charge on any atom is 0.253 e. The van der Waals surface area contributed by atoms with Crippen molar-refractivity contribution in [2.75, 3.05) is 5.73 Å². The van der Waals surface area contributed by atoms with Gasteiger partial charge in [-0.1, -0.05) is 12.1 Å². The van der Waals surface area contributed by atoms with Crippen LogP contribution in [0.5, 0.6) is 0 Å². The summed E-state index contributed by atoms with van der Waals surface area (Å²) in [4.78, 5) is 17.4. The molecule has 0 spiro atoms. The van der Waals surface area contributed by atoms with Crippen molar-refractivity contribution in [1.29, 1.82) is 0 Å². The summed E-state index contributed by atoms with van der Waals surface area (Å²) >= 11 is 1.58. The topological polar surface area (TPSA) is 68.0 Å². The van der Waals surface area contributed by atoms with Crippen LogP contribution in [-0.2, 0) is 0 Å². The van der Waals surface area contributed by atoms with Gasteiger partial charge in [-0.05, 0) is 26.0 Å². The van der Waals surface area contributed by atoms with Crippen molar-refractivity contribution in [2.45, 2.75) is 19.9 Å². The third kappa shape index (κ3) is 2.68. The second-order valence-electron chi connectivity index (χ2n) is 4.09. The lowest BCUT2D eigenvalue weighted by Crippen LogP contribution is -2.27. The summed E-state index contributed by atoms with van der Waals surface area (Å²) in [5.41, 5.74) is 6.75. The van der Waals surface area contributed by atoms with E-state index in [2.05, 4.69) is 10.3 Å². The molecule has 3 N–H and O–H groups in total. The van der Waals surface area contributed by atoms with Gasteiger partial charge in [0.1, 0.15) is 5.01 Å². The molecule has 0 radical (unpaired) electrons. The van der Waals surface area contributed by atoms with Crippen molar-refractivity contribution in [1.82, 2.24) is 10.3 Å². The van der Waals surface area contributed by atoms with Crippen molar-refractivity contribution in [3.63, 3.8) is 0 Å². The van der Waals surface area contributed by atoms with Crippen LogP contribution in [0.4, 0.5) is 5.69 Å². The molecule has 0 fully saturated rings. The van der Waals surface area contributed by atoms with Crippen LogP contribution >= 0.6 is 11.3 Å². The number of nitrogen functional groups attached to an aromatic ring is 1. The van der Waals surface area contributed by atoms with Gasteiger partial charge in [0, 0.05) is 16.8 Å². The van der Waals surface area contributed by atoms with Gasteiger partial charge in [0.05, 0.1) is 11.6 Å². The summed E-state index contributed by atoms with van der Waals surface area (Å²) in [7, 11) is 0. The van der Waals surface area contributed by atoms with E-state index < -0.39 is 0 Å². The number of nitrogens with zero attached hydrogens (tertiary/aromatic N) is 1. The second-order valence-corrected chi connectivity index (χ2v) is 5.36. The number of carbonyl (C=O) groups is 1. The zero-order valence-corrected chi connectivity index (χ0v) is 11.1. The number of benzene rings is 1. The van der Waals surface area contributed by atoms with Gasteiger partial charge in [0.2, 0.25) is 0 Å². The summed E-state index contributed by atoms with van der Waals surface area (Å²) in [6.45, 7) is 3.90. The number of aromatic nitrogens is 1. The van der Waals surface area contributed by atoms with Gasteiger partial charge < -0.3 is 11.1 Å². The summed E-state index contributed by atoms with van der Waals surface area (Å²) in [6, 6.07) is 6.91. The molecule has 2 rings (SSSR count). The molecule has 18 heavy (non-hydrogen) atoms. The van der Waals surface area contributed by atoms with E-state index in [1.165, 1.54) is 0 Å². The normalized spacial score (nSPS) is 12.1. The first kappa shape index (κ1) is 12.6. The van der Waals surface area contributed by atoms with Gasteiger partial charge in [-0.15, -0.1) is 11.3 Å². The Hall–Kier alpha value is -1.88. The number of carbonyl (C=O) groups excluding carboxylic acids is 1. The highest BCUT2D eigenvalue weighted by Gasteiger charge is 2.15. The highest BCUT2D eigenvalue weighted by Crippen LogP contribution is 2.20. The van der Waals surface area contributed by atoms with Crippen LogP contribution in [0.1, 0.15) is 33.2 Å². The maximum atomic E-state index is 12.0. The molecule has 2 aromatic rings. The Balaban J connectivity index is 2.10. The molecule has 1 amide bonds. The molecule has 0 saturated carbocycles. The van der Waals surface area contributed by atoms with Crippen molar-refractivity contribution >= 4 is 22.9 Å². The van der Waals surface area contributed by atoms with Crippen LogP contribution in [0.15, 0.2) is 30.5 Å². The summed E-state index contributed by atoms with van der Waals surface area (Å²) < 4.78 is 0. The fourth-order valence-corrected chi connectivity index (χ4v) is 2.39. The van der Waals surface area contributed by atoms with Crippen molar-refractivity contribution in [3.8, 4) is 0 Å². The Morgan fingerprint density at radius 2 is 2.17 bits per heavy atom. The highest BCUT2D eigenvalue weighted by molar-refractivity contribution is 7.11. The van der Waals surface area contributed by atoms with Crippen LogP contribution < -0.4 is 11.1 Å². The number of amides is 1. The first-order chi connectivity index (χ1) is 8.58. The van der Waals surface area contributed by atoms with Gasteiger partial charge in [-0.2, -0.15) is 0 Å². The molecule has 0 saturated heterocycles. The minimum Gasteiger partial charge on any atom is -0.398 e. The predicted octanol–water partition coefficient (Wildman–Crippen LogP) is 2.52. The first-order valence-corrected chi connectivity index (χ1v) is 6.47. The maximum absolute atomic E-state index is 12.0. The molecule has 4 nitrogen and oxygen atoms in total. The van der Waals surface area contributed by atoms with E-state index in [-0.39, 0.29) is 11.9 Å². The van der Waals surface area contributed by atoms with Crippen molar-refractivity contribution < 1.29 is 4.79 Å². The average molecular weight is 261 g/mol. The van der Waals surface area contributed by atoms with Gasteiger partial charge in [0.15, 0.2) is 0 Å². The fourth-order valence-electron chi connectivity index (χ4n) is 1.61. The largest absolute Gasteiger partial charge is 0.398 e. The van der Waals surface area contributed by atoms with Crippen molar-refractivity contribution in [2.24, 2.45) is 0 Å². The summed E-state index contributed by atoms with van der Waals surface area (Å²) in [6.07, 6.45) is 1.81. The van der Waals surface area contributed by atoms with E-state index in [1.54, 1.807) is 41.8 Å². The van der Waals surface area contributed by atoms with E-state index in [0.717, 1.165) is 9.88 Å². The molecule has 0 aliphatic carbocycles. The Morgan fingerprint density at radius 1 is 1.44 bits per heavy atom. The third-order valence-corrected chi connectivity index (χ3v) is 3.66. The molecule has 1 unspecified atom stereocenters. The standard InChI is InChI=1S/C13H15N3OS/c1-8-7-15-13(18-8)9(2)16-12(17)10-5-3-4-6-11(10)14/h3-7,9H,14H2,1-2H3,(H,16,17). The lowest BCUT2D eigenvalue weighted by molar-refractivity contribution is 0.0940. The number of thiazole rings is 1. The van der Waals surface area contributed by atoms with E-state index in [4.69, 9.17) is 5.73 Å². The SMILES string of the molecule is Cc1cnc(C(C)NC(=O)c2ccccc2N)s1. The molecule has 1 aromatic heterocycles. The monoisotopic (exact) mass is 261 g/mol. The van der Waals surface area contributed by atoms with E-state index in [0.29, 0.717) is 11.3 Å². The third-order valence-electron chi connectivity index (χ3n) is 2.56. The van der Waals surface area contributed by atoms with Gasteiger partial charge in [-0.25, -0.2) is 4.98 Å². The number of hydrogen-bond acceptors (Lipinski definition) is 4. The molecule has 94 valence electrons. The fraction of sp³-hybridized carbons (Fsp3) is 0.231. The minimum atomic E-state index is -0.173. The van der Waals surface area contributed by atoms with E-state index in [1.807, 2.05) is 13.8 Å². The Labute approximate surface area is 110 Å². The van der Waals surface area contributed by atoms with E-state index in [9.17, 15) is 4.79 Å². The predicted molar refractivity (Wildman–Crippen MR) is 73.6 cm³/mol. The molecular formula is C13H15N3OS. The molecule has 0 aliphatic heterocycles. The number of para-hydroxylation sites is 1. The van der Waals surface area contributed by atoms with Crippen LogP contribution in [0, 0.1) is 6.92 Å². The number of rotatable bonds is 3. The quantitative estimate of drug-likeness (QED) is 0.834. The number of aryl methyl sites for hydroxylation is 1.